The number of nitrogens with zero attached hydrogens (tertiary/aromatic N) is 2. The van der Waals surface area contributed by atoms with Crippen molar-refractivity contribution in [1.82, 2.24) is 9.97 Å². The van der Waals surface area contributed by atoms with Crippen LogP contribution < -0.4 is 5.73 Å². The van der Waals surface area contributed by atoms with Gasteiger partial charge in [-0.05, 0) is 25.0 Å². The SMILES string of the molecule is Nc1nc(/C=C/c2ncoc2C2CC2)cs1. The van der Waals surface area contributed by atoms with Gasteiger partial charge in [-0.2, -0.15) is 0 Å². The number of aromatic nitrogens is 2. The van der Waals surface area contributed by atoms with E-state index in [1.807, 2.05) is 17.5 Å². The molecule has 2 heterocycles. The van der Waals surface area contributed by atoms with E-state index in [1.54, 1.807) is 0 Å². The molecule has 0 spiro atoms. The molecule has 0 atom stereocenters. The highest BCUT2D eigenvalue weighted by atomic mass is 32.1. The molecule has 2 N–H and O–H groups in total. The zero-order valence-corrected chi connectivity index (χ0v) is 9.41. The Kier molecular flexibility index (Phi) is 2.25. The van der Waals surface area contributed by atoms with Gasteiger partial charge in [0, 0.05) is 11.3 Å². The van der Waals surface area contributed by atoms with Crippen LogP contribution in [0.1, 0.15) is 35.9 Å². The lowest BCUT2D eigenvalue weighted by atomic mass is 10.2. The number of nitrogens with two attached hydrogens (primary N) is 1. The van der Waals surface area contributed by atoms with Crippen molar-refractivity contribution in [2.45, 2.75) is 18.8 Å². The monoisotopic (exact) mass is 233 g/mol. The molecule has 0 aromatic carbocycles. The predicted molar refractivity (Wildman–Crippen MR) is 63.9 cm³/mol. The molecular formula is C11H11N3OS. The first-order chi connectivity index (χ1) is 7.83. The average Bonchev–Trinajstić information content (AvgIpc) is 2.86. The van der Waals surface area contributed by atoms with Crippen LogP contribution in [0.4, 0.5) is 5.13 Å². The van der Waals surface area contributed by atoms with E-state index in [1.165, 1.54) is 30.6 Å². The summed E-state index contributed by atoms with van der Waals surface area (Å²) in [5.41, 5.74) is 7.33. The Morgan fingerprint density at radius 2 is 2.31 bits per heavy atom. The van der Waals surface area contributed by atoms with Gasteiger partial charge in [0.05, 0.1) is 5.69 Å². The van der Waals surface area contributed by atoms with Gasteiger partial charge in [0.25, 0.3) is 0 Å². The molecule has 0 bridgehead atoms. The van der Waals surface area contributed by atoms with Crippen molar-refractivity contribution in [3.63, 3.8) is 0 Å². The van der Waals surface area contributed by atoms with Crippen LogP contribution in [0.3, 0.4) is 0 Å². The Labute approximate surface area is 96.8 Å². The molecule has 5 heteroatoms. The van der Waals surface area contributed by atoms with Gasteiger partial charge in [0.1, 0.15) is 11.5 Å². The Balaban J connectivity index is 1.82. The molecule has 3 rings (SSSR count). The van der Waals surface area contributed by atoms with E-state index in [-0.39, 0.29) is 0 Å². The Morgan fingerprint density at radius 1 is 1.44 bits per heavy atom. The number of hydrogen-bond donors (Lipinski definition) is 1. The number of thiazole rings is 1. The second-order valence-corrected chi connectivity index (χ2v) is 4.71. The van der Waals surface area contributed by atoms with Gasteiger partial charge >= 0.3 is 0 Å². The number of rotatable bonds is 3. The minimum absolute atomic E-state index is 0.572. The number of hydrogen-bond acceptors (Lipinski definition) is 5. The van der Waals surface area contributed by atoms with Crippen LogP contribution >= 0.6 is 11.3 Å². The maximum atomic E-state index is 5.56. The molecule has 1 aliphatic carbocycles. The second kappa shape index (κ2) is 3.75. The first kappa shape index (κ1) is 9.59. The minimum Gasteiger partial charge on any atom is -0.448 e. The summed E-state index contributed by atoms with van der Waals surface area (Å²) >= 11 is 1.44. The molecule has 0 saturated heterocycles. The van der Waals surface area contributed by atoms with Crippen LogP contribution in [0.5, 0.6) is 0 Å². The maximum absolute atomic E-state index is 5.56. The summed E-state index contributed by atoms with van der Waals surface area (Å²) in [6.07, 6.45) is 7.77. The van der Waals surface area contributed by atoms with Crippen LogP contribution in [0, 0.1) is 0 Å². The van der Waals surface area contributed by atoms with E-state index >= 15 is 0 Å². The average molecular weight is 233 g/mol. The van der Waals surface area contributed by atoms with E-state index < -0.39 is 0 Å². The zero-order chi connectivity index (χ0) is 11.0. The van der Waals surface area contributed by atoms with Crippen molar-refractivity contribution < 1.29 is 4.42 Å². The van der Waals surface area contributed by atoms with Crippen molar-refractivity contribution in [1.29, 1.82) is 0 Å². The lowest BCUT2D eigenvalue weighted by molar-refractivity contribution is 0.505. The van der Waals surface area contributed by atoms with Gasteiger partial charge in [-0.25, -0.2) is 9.97 Å². The van der Waals surface area contributed by atoms with Crippen molar-refractivity contribution in [2.75, 3.05) is 5.73 Å². The number of anilines is 1. The summed E-state index contributed by atoms with van der Waals surface area (Å²) in [4.78, 5) is 8.34. The molecule has 1 saturated carbocycles. The van der Waals surface area contributed by atoms with E-state index in [0.29, 0.717) is 11.0 Å². The lowest BCUT2D eigenvalue weighted by Gasteiger charge is -1.90. The molecule has 2 aromatic heterocycles. The topological polar surface area (TPSA) is 64.9 Å². The molecule has 2 aromatic rings. The number of oxazole rings is 1. The first-order valence-corrected chi connectivity index (χ1v) is 6.03. The quantitative estimate of drug-likeness (QED) is 0.885. The summed E-state index contributed by atoms with van der Waals surface area (Å²) in [7, 11) is 0. The van der Waals surface area contributed by atoms with Crippen LogP contribution in [-0.2, 0) is 0 Å². The van der Waals surface area contributed by atoms with Gasteiger partial charge in [-0.1, -0.05) is 0 Å². The lowest BCUT2D eigenvalue weighted by Crippen LogP contribution is -1.82. The summed E-state index contributed by atoms with van der Waals surface area (Å²) in [6.45, 7) is 0. The molecule has 0 radical (unpaired) electrons. The van der Waals surface area contributed by atoms with Crippen LogP contribution in [0.25, 0.3) is 12.2 Å². The number of nitrogen functional groups attached to an aromatic ring is 1. The van der Waals surface area contributed by atoms with Gasteiger partial charge < -0.3 is 10.2 Å². The highest BCUT2D eigenvalue weighted by Gasteiger charge is 2.29. The summed E-state index contributed by atoms with van der Waals surface area (Å²) in [5.74, 6) is 1.57. The van der Waals surface area contributed by atoms with Crippen LogP contribution in [0.2, 0.25) is 0 Å². The summed E-state index contributed by atoms with van der Waals surface area (Å²) in [6, 6.07) is 0. The molecule has 0 amide bonds. The van der Waals surface area contributed by atoms with Crippen LogP contribution in [0.15, 0.2) is 16.2 Å². The van der Waals surface area contributed by atoms with Gasteiger partial charge in [-0.3, -0.25) is 0 Å². The third-order valence-electron chi connectivity index (χ3n) is 2.52. The normalized spacial score (nSPS) is 16.0. The van der Waals surface area contributed by atoms with E-state index in [2.05, 4.69) is 9.97 Å². The second-order valence-electron chi connectivity index (χ2n) is 3.82. The minimum atomic E-state index is 0.572. The molecular weight excluding hydrogens is 222 g/mol. The van der Waals surface area contributed by atoms with Crippen LogP contribution in [-0.4, -0.2) is 9.97 Å². The zero-order valence-electron chi connectivity index (χ0n) is 8.59. The van der Waals surface area contributed by atoms with Gasteiger partial charge in [0.15, 0.2) is 11.5 Å². The molecule has 4 nitrogen and oxygen atoms in total. The van der Waals surface area contributed by atoms with E-state index in [9.17, 15) is 0 Å². The first-order valence-electron chi connectivity index (χ1n) is 5.15. The highest BCUT2D eigenvalue weighted by molar-refractivity contribution is 7.13. The van der Waals surface area contributed by atoms with E-state index in [4.69, 9.17) is 10.2 Å². The smallest absolute Gasteiger partial charge is 0.181 e. The van der Waals surface area contributed by atoms with Gasteiger partial charge in [-0.15, -0.1) is 11.3 Å². The van der Waals surface area contributed by atoms with Crippen molar-refractivity contribution in [2.24, 2.45) is 0 Å². The van der Waals surface area contributed by atoms with Crippen molar-refractivity contribution in [3.8, 4) is 0 Å². The molecule has 1 fully saturated rings. The molecule has 16 heavy (non-hydrogen) atoms. The summed E-state index contributed by atoms with van der Waals surface area (Å²) in [5, 5.41) is 2.50. The van der Waals surface area contributed by atoms with Gasteiger partial charge in [0.2, 0.25) is 0 Å². The fraction of sp³-hybridized carbons (Fsp3) is 0.273. The fourth-order valence-electron chi connectivity index (χ4n) is 1.58. The van der Waals surface area contributed by atoms with Crippen molar-refractivity contribution >= 4 is 28.6 Å². The third kappa shape index (κ3) is 1.86. The molecule has 82 valence electrons. The maximum Gasteiger partial charge on any atom is 0.181 e. The fourth-order valence-corrected chi connectivity index (χ4v) is 2.11. The predicted octanol–water partition coefficient (Wildman–Crippen LogP) is 2.76. The molecule has 0 aliphatic heterocycles. The molecule has 1 aliphatic rings. The summed E-state index contributed by atoms with van der Waals surface area (Å²) < 4.78 is 5.38. The molecule has 0 unspecified atom stereocenters. The third-order valence-corrected chi connectivity index (χ3v) is 3.22. The standard InChI is InChI=1S/C11H11N3OS/c12-11-14-8(5-16-11)3-4-9-10(7-1-2-7)15-6-13-9/h3-7H,1-2H2,(H2,12,14)/b4-3+. The highest BCUT2D eigenvalue weighted by Crippen LogP contribution is 2.41. The largest absolute Gasteiger partial charge is 0.448 e. The Hall–Kier alpha value is -1.62. The Bertz CT molecular complexity index is 525. The van der Waals surface area contributed by atoms with Crippen molar-refractivity contribution in [3.05, 3.63) is 28.9 Å². The Morgan fingerprint density at radius 3 is 3.00 bits per heavy atom. The van der Waals surface area contributed by atoms with E-state index in [0.717, 1.165) is 17.1 Å².